The first-order valence-corrected chi connectivity index (χ1v) is 24.0. The molecule has 0 radical (unpaired) electrons. The van der Waals surface area contributed by atoms with Gasteiger partial charge in [0, 0.05) is 0 Å². The summed E-state index contributed by atoms with van der Waals surface area (Å²) in [6, 6.07) is 0. The first kappa shape index (κ1) is 94.3. The lowest BCUT2D eigenvalue weighted by molar-refractivity contribution is -0.175. The summed E-state index contributed by atoms with van der Waals surface area (Å²) in [6.07, 6.45) is -39.8. The molecule has 0 aliphatic heterocycles. The fourth-order valence-corrected chi connectivity index (χ4v) is 3.37. The number of hydrogen-bond acceptors (Lipinski definition) is 21. The minimum atomic E-state index is -4.96. The average molecular weight is 1340 g/mol. The van der Waals surface area contributed by atoms with Crippen molar-refractivity contribution in [3.8, 4) is 0 Å². The van der Waals surface area contributed by atoms with Gasteiger partial charge in [0.15, 0.2) is 0 Å². The molecule has 0 rings (SSSR count). The number of unbranched alkanes of at least 4 members (excludes halogenated alkanes) is 1. The molecule has 0 aliphatic rings. The smallest absolute Gasteiger partial charge is 0.450 e. The van der Waals surface area contributed by atoms with Crippen molar-refractivity contribution < 1.29 is 188 Å². The van der Waals surface area contributed by atoms with E-state index in [1.54, 1.807) is 20.8 Å². The molecule has 0 aliphatic carbocycles. The van der Waals surface area contributed by atoms with Gasteiger partial charge >= 0.3 is 78.8 Å². The van der Waals surface area contributed by atoms with Gasteiger partial charge in [0.2, 0.25) is 40.5 Å². The Hall–Kier alpha value is -7.42. The molecule has 41 heteroatoms. The van der Waals surface area contributed by atoms with Crippen molar-refractivity contribution in [3.05, 3.63) is 0 Å². The molecule has 0 spiro atoms. The minimum absolute atomic E-state index is 0.0178. The van der Waals surface area contributed by atoms with Gasteiger partial charge in [-0.3, -0.25) is 67.1 Å². The van der Waals surface area contributed by atoms with E-state index in [2.05, 4.69) is 33.2 Å². The number of Topliss-reactive ketones (excluding diaryl/α,β-unsaturated/α-hetero) is 7. The normalized spacial score (nSPS) is 11.0. The lowest BCUT2D eigenvalue weighted by atomic mass is 10.2. The number of carbonyl (C=O) groups excluding carboxylic acids is 14. The van der Waals surface area contributed by atoms with Crippen LogP contribution in [0, 0.1) is 5.92 Å². The van der Waals surface area contributed by atoms with Gasteiger partial charge in [-0.1, -0.05) is 34.1 Å². The Labute approximate surface area is 485 Å². The molecular formula is C47H60F20O21. The Balaban J connectivity index is -0.000000174. The van der Waals surface area contributed by atoms with Gasteiger partial charge in [-0.25, -0.2) is 8.78 Å². The average Bonchev–Trinajstić information content (AvgIpc) is 3.34. The molecule has 0 atom stereocenters. The second kappa shape index (κ2) is 47.6. The van der Waals surface area contributed by atoms with Crippen LogP contribution < -0.4 is 0 Å². The highest BCUT2D eigenvalue weighted by Gasteiger charge is 2.43. The van der Waals surface area contributed by atoms with Crippen molar-refractivity contribution in [1.82, 2.24) is 0 Å². The molecule has 0 amide bonds. The van der Waals surface area contributed by atoms with Crippen molar-refractivity contribution >= 4 is 82.3 Å². The van der Waals surface area contributed by atoms with Crippen LogP contribution in [0.4, 0.5) is 87.8 Å². The number of carbonyl (C=O) groups is 14. The maximum atomic E-state index is 11.7. The van der Waals surface area contributed by atoms with Crippen LogP contribution in [-0.2, 0) is 100 Å². The zero-order valence-corrected chi connectivity index (χ0v) is 47.5. The number of rotatable bonds is 25. The second-order valence-corrected chi connectivity index (χ2v) is 16.1. The van der Waals surface area contributed by atoms with E-state index < -0.39 is 177 Å². The lowest BCUT2D eigenvalue weighted by Crippen LogP contribution is -2.27. The predicted octanol–water partition coefficient (Wildman–Crippen LogP) is 9.00. The van der Waals surface area contributed by atoms with E-state index in [4.69, 9.17) is 0 Å². The van der Waals surface area contributed by atoms with Gasteiger partial charge in [-0.2, -0.15) is 79.0 Å². The summed E-state index contributed by atoms with van der Waals surface area (Å²) < 4.78 is 261. The molecule has 0 aromatic rings. The second-order valence-electron chi connectivity index (χ2n) is 16.1. The van der Waals surface area contributed by atoms with Crippen molar-refractivity contribution in [2.75, 3.05) is 40.1 Å². The van der Waals surface area contributed by atoms with Crippen LogP contribution in [0.15, 0.2) is 0 Å². The van der Waals surface area contributed by atoms with E-state index in [-0.39, 0.29) is 39.0 Å². The van der Waals surface area contributed by atoms with Crippen LogP contribution in [0.1, 0.15) is 120 Å². The Kier molecular flexibility index (Phi) is 51.0. The molecular weight excluding hydrogens is 1280 g/mol. The molecule has 0 aromatic heterocycles. The maximum absolute atomic E-state index is 11.7. The van der Waals surface area contributed by atoms with Gasteiger partial charge < -0.3 is 33.2 Å². The predicted molar refractivity (Wildman–Crippen MR) is 249 cm³/mol. The summed E-state index contributed by atoms with van der Waals surface area (Å²) >= 11 is 0. The Bertz CT molecular complexity index is 2200. The zero-order chi connectivity index (χ0) is 71.4. The standard InChI is InChI=1S/2C8H11F3O3.2C7H9F3O3.C6H7F3O3.C6H8F2O3.C5H5F3O3/c1-5(2)4-14-7(13)3-6(12)8(9,10)11;1-2-3-4-14-7(13)5-6(12)8(9,10)11;1-4(2)13-6(12)3-5(11)7(8,9)10;1-2-3-13-6(12)4-5(11)7(8,9)10;1-2-12-5(11)3-4(10)6(7,8)9;1-2-11-5(10)3-4(9)6(7)8;1-11-4(10)2-3(9)5(6,7)8/h5H,3-4H2,1-2H3;2-5H2,1H3;4H,3H2,1-2H3;2-4H2,1H3;2-3H2,1H3;6H,2-3H2,1H3;2H2,1H3. The molecule has 0 aromatic carbocycles. The summed E-state index contributed by atoms with van der Waals surface area (Å²) in [5, 5.41) is 0. The number of alkyl halides is 20. The van der Waals surface area contributed by atoms with Crippen molar-refractivity contribution in [1.29, 1.82) is 0 Å². The molecule has 0 bridgehead atoms. The number of hydrogen-bond donors (Lipinski definition) is 0. The molecule has 514 valence electrons. The monoisotopic (exact) mass is 1340 g/mol. The molecule has 21 nitrogen and oxygen atoms in total. The highest BCUT2D eigenvalue weighted by Crippen LogP contribution is 2.22. The van der Waals surface area contributed by atoms with Gasteiger partial charge in [0.1, 0.15) is 44.9 Å². The first-order valence-electron chi connectivity index (χ1n) is 24.0. The maximum Gasteiger partial charge on any atom is 0.450 e. The highest BCUT2D eigenvalue weighted by molar-refractivity contribution is 6.01. The molecule has 0 saturated carbocycles. The van der Waals surface area contributed by atoms with Crippen LogP contribution in [0.25, 0.3) is 0 Å². The number of ether oxygens (including phenoxy) is 7. The fraction of sp³-hybridized carbons (Fsp3) is 0.702. The van der Waals surface area contributed by atoms with Crippen LogP contribution in [0.2, 0.25) is 0 Å². The topological polar surface area (TPSA) is 304 Å². The van der Waals surface area contributed by atoms with Gasteiger partial charge in [0.25, 0.3) is 6.43 Å². The Morgan fingerprint density at radius 2 is 0.602 bits per heavy atom. The molecule has 0 fully saturated rings. The lowest BCUT2D eigenvalue weighted by Gasteiger charge is -2.08. The van der Waals surface area contributed by atoms with Crippen LogP contribution >= 0.6 is 0 Å². The summed E-state index contributed by atoms with van der Waals surface area (Å²) in [5.41, 5.74) is 0. The van der Waals surface area contributed by atoms with Gasteiger partial charge in [-0.15, -0.1) is 0 Å². The molecule has 0 N–H and O–H groups in total. The third-order valence-electron chi connectivity index (χ3n) is 7.30. The summed E-state index contributed by atoms with van der Waals surface area (Å²) in [6.45, 7) is 13.1. The van der Waals surface area contributed by atoms with E-state index in [0.29, 0.717) is 12.8 Å². The van der Waals surface area contributed by atoms with Crippen molar-refractivity contribution in [2.45, 2.75) is 169 Å². The molecule has 0 saturated heterocycles. The fourth-order valence-electron chi connectivity index (χ4n) is 3.37. The number of methoxy groups -OCH3 is 1. The van der Waals surface area contributed by atoms with Gasteiger partial charge in [-0.05, 0) is 46.5 Å². The summed E-state index contributed by atoms with van der Waals surface area (Å²) in [4.78, 5) is 145. The third kappa shape index (κ3) is 63.1. The van der Waals surface area contributed by atoms with E-state index in [9.17, 15) is 155 Å². The number of halogens is 20. The Morgan fingerprint density at radius 1 is 0.341 bits per heavy atom. The van der Waals surface area contributed by atoms with Crippen molar-refractivity contribution in [2.24, 2.45) is 5.92 Å². The third-order valence-corrected chi connectivity index (χ3v) is 7.30. The highest BCUT2D eigenvalue weighted by atomic mass is 19.4. The Morgan fingerprint density at radius 3 is 0.841 bits per heavy atom. The molecule has 88 heavy (non-hydrogen) atoms. The van der Waals surface area contributed by atoms with Crippen LogP contribution in [-0.4, -0.2) is 172 Å². The number of ketones is 7. The summed E-state index contributed by atoms with van der Waals surface area (Å²) in [7, 11) is 0.909. The zero-order valence-electron chi connectivity index (χ0n) is 47.5. The van der Waals surface area contributed by atoms with Crippen LogP contribution in [0.3, 0.4) is 0 Å². The molecule has 0 unspecified atom stereocenters. The summed E-state index contributed by atoms with van der Waals surface area (Å²) in [5.74, 6) is -21.7. The molecule has 0 heterocycles. The van der Waals surface area contributed by atoms with Gasteiger partial charge in [0.05, 0.1) is 46.2 Å². The van der Waals surface area contributed by atoms with E-state index in [1.807, 2.05) is 6.92 Å². The quantitative estimate of drug-likeness (QED) is 0.0270. The SMILES string of the molecule is CC(C)COC(=O)CC(=O)C(F)(F)F.CC(C)OC(=O)CC(=O)C(F)(F)F.CCCCOC(=O)CC(=O)C(F)(F)F.CCCOC(=O)CC(=O)C(F)(F)F.CCOC(=O)CC(=O)C(F)(F)F.CCOC(=O)CC(=O)C(F)F.COC(=O)CC(=O)C(F)(F)F. The number of esters is 7. The largest absolute Gasteiger partial charge is 0.469 e. The van der Waals surface area contributed by atoms with E-state index in [1.165, 1.54) is 27.7 Å². The van der Waals surface area contributed by atoms with Crippen molar-refractivity contribution in [3.63, 3.8) is 0 Å². The first-order chi connectivity index (χ1) is 39.5. The minimum Gasteiger partial charge on any atom is -0.469 e. The van der Waals surface area contributed by atoms with E-state index >= 15 is 0 Å². The van der Waals surface area contributed by atoms with E-state index in [0.717, 1.165) is 13.5 Å². The van der Waals surface area contributed by atoms with Crippen LogP contribution in [0.5, 0.6) is 0 Å².